The molecular weight excluding hydrogens is 134 g/mol. The van der Waals surface area contributed by atoms with Gasteiger partial charge in [-0.2, -0.15) is 0 Å². The van der Waals surface area contributed by atoms with Crippen LogP contribution in [0.25, 0.3) is 0 Å². The summed E-state index contributed by atoms with van der Waals surface area (Å²) in [7, 11) is 4.08. The molecule has 0 aromatic carbocycles. The Morgan fingerprint density at radius 2 is 1.82 bits per heavy atom. The first-order valence-electron chi connectivity index (χ1n) is 3.71. The molecule has 0 aliphatic carbocycles. The maximum atomic E-state index is 3.75. The summed E-state index contributed by atoms with van der Waals surface area (Å²) in [5.74, 6) is 0. The highest BCUT2D eigenvalue weighted by Crippen LogP contribution is 2.06. The second-order valence-electron chi connectivity index (χ2n) is 2.85. The van der Waals surface area contributed by atoms with Gasteiger partial charge in [-0.25, -0.2) is 0 Å². The molecule has 0 bridgehead atoms. The fourth-order valence-corrected chi connectivity index (χ4v) is 0.822. The van der Waals surface area contributed by atoms with Crippen LogP contribution >= 0.6 is 0 Å². The largest absolute Gasteiger partial charge is 0.305 e. The van der Waals surface area contributed by atoms with Crippen molar-refractivity contribution < 1.29 is 0 Å². The minimum Gasteiger partial charge on any atom is -0.305 e. The van der Waals surface area contributed by atoms with Gasteiger partial charge in [-0.1, -0.05) is 25.3 Å². The van der Waals surface area contributed by atoms with E-state index in [1.807, 2.05) is 33.2 Å². The van der Waals surface area contributed by atoms with Crippen molar-refractivity contribution in [3.8, 4) is 0 Å². The average Bonchev–Trinajstić information content (AvgIpc) is 1.98. The molecule has 0 N–H and O–H groups in total. The third kappa shape index (κ3) is 3.79. The Balaban J connectivity index is 4.38. The summed E-state index contributed by atoms with van der Waals surface area (Å²) >= 11 is 0. The van der Waals surface area contributed by atoms with Gasteiger partial charge in [0.2, 0.25) is 0 Å². The average molecular weight is 151 g/mol. The third-order valence-electron chi connectivity index (χ3n) is 1.55. The van der Waals surface area contributed by atoms with Crippen molar-refractivity contribution in [2.45, 2.75) is 6.92 Å². The second-order valence-corrected chi connectivity index (χ2v) is 2.85. The van der Waals surface area contributed by atoms with Crippen LogP contribution in [0.4, 0.5) is 0 Å². The van der Waals surface area contributed by atoms with Gasteiger partial charge in [-0.15, -0.1) is 0 Å². The van der Waals surface area contributed by atoms with Gasteiger partial charge < -0.3 is 4.90 Å². The summed E-state index contributed by atoms with van der Waals surface area (Å²) in [6, 6.07) is 0. The van der Waals surface area contributed by atoms with Crippen molar-refractivity contribution in [1.82, 2.24) is 4.90 Å². The summed E-state index contributed by atoms with van der Waals surface area (Å²) in [5, 5.41) is 0. The number of allylic oxidation sites excluding steroid dienone is 2. The first kappa shape index (κ1) is 10.2. The van der Waals surface area contributed by atoms with Crippen LogP contribution < -0.4 is 0 Å². The number of nitrogens with zero attached hydrogens (tertiary/aromatic N) is 1. The van der Waals surface area contributed by atoms with Crippen LogP contribution in [0.1, 0.15) is 6.92 Å². The molecular formula is C10H17N. The molecule has 0 heterocycles. The van der Waals surface area contributed by atoms with E-state index < -0.39 is 0 Å². The van der Waals surface area contributed by atoms with Crippen LogP contribution in [0.3, 0.4) is 0 Å². The molecule has 0 aromatic heterocycles. The minimum atomic E-state index is 0.932. The summed E-state index contributed by atoms with van der Waals surface area (Å²) in [6.07, 6.45) is 3.75. The summed E-state index contributed by atoms with van der Waals surface area (Å²) in [5.41, 5.74) is 2.44. The maximum absolute atomic E-state index is 3.75. The zero-order valence-corrected chi connectivity index (χ0v) is 7.72. The molecule has 0 atom stereocenters. The summed E-state index contributed by atoms with van der Waals surface area (Å²) in [4.78, 5) is 2.12. The molecule has 0 aliphatic rings. The number of hydrogen-bond acceptors (Lipinski definition) is 1. The van der Waals surface area contributed by atoms with Crippen LogP contribution in [-0.4, -0.2) is 25.5 Å². The minimum absolute atomic E-state index is 0.932. The number of likely N-dealkylation sites (N-methyl/N-ethyl adjacent to an activating group) is 1. The van der Waals surface area contributed by atoms with Crippen LogP contribution in [0, 0.1) is 0 Å². The SMILES string of the molecule is C=C/C(C)=C(\C=C)CN(C)C. The highest BCUT2D eigenvalue weighted by atomic mass is 15.0. The predicted octanol–water partition coefficient (Wildman–Crippen LogP) is 2.24. The first-order valence-corrected chi connectivity index (χ1v) is 3.71. The molecule has 0 aliphatic heterocycles. The van der Waals surface area contributed by atoms with E-state index in [0.717, 1.165) is 6.54 Å². The summed E-state index contributed by atoms with van der Waals surface area (Å²) < 4.78 is 0. The van der Waals surface area contributed by atoms with Crippen molar-refractivity contribution >= 4 is 0 Å². The molecule has 0 spiro atoms. The smallest absolute Gasteiger partial charge is 0.0230 e. The number of hydrogen-bond donors (Lipinski definition) is 0. The predicted molar refractivity (Wildman–Crippen MR) is 51.6 cm³/mol. The van der Waals surface area contributed by atoms with Crippen molar-refractivity contribution in [3.05, 3.63) is 36.5 Å². The summed E-state index contributed by atoms with van der Waals surface area (Å²) in [6.45, 7) is 10.4. The van der Waals surface area contributed by atoms with Gasteiger partial charge in [0.15, 0.2) is 0 Å². The molecule has 62 valence electrons. The highest BCUT2D eigenvalue weighted by Gasteiger charge is 1.96. The molecule has 0 radical (unpaired) electrons. The molecule has 0 rings (SSSR count). The standard InChI is InChI=1S/C10H17N/c1-6-9(3)10(7-2)8-11(4)5/h6-7H,1-2,8H2,3-5H3/b10-9+. The quantitative estimate of drug-likeness (QED) is 0.557. The topological polar surface area (TPSA) is 3.24 Å². The lowest BCUT2D eigenvalue weighted by atomic mass is 10.1. The van der Waals surface area contributed by atoms with Crippen molar-refractivity contribution in [2.24, 2.45) is 0 Å². The Labute approximate surface area is 69.7 Å². The Morgan fingerprint density at radius 1 is 1.27 bits per heavy atom. The van der Waals surface area contributed by atoms with E-state index in [1.165, 1.54) is 11.1 Å². The highest BCUT2D eigenvalue weighted by molar-refractivity contribution is 5.30. The third-order valence-corrected chi connectivity index (χ3v) is 1.55. The van der Waals surface area contributed by atoms with Crippen molar-refractivity contribution in [2.75, 3.05) is 20.6 Å². The van der Waals surface area contributed by atoms with Crippen molar-refractivity contribution in [1.29, 1.82) is 0 Å². The molecule has 1 heteroatoms. The molecule has 0 unspecified atom stereocenters. The van der Waals surface area contributed by atoms with Gasteiger partial charge in [0.05, 0.1) is 0 Å². The number of rotatable bonds is 4. The monoisotopic (exact) mass is 151 g/mol. The Morgan fingerprint density at radius 3 is 2.09 bits per heavy atom. The molecule has 11 heavy (non-hydrogen) atoms. The van der Waals surface area contributed by atoms with E-state index in [0.29, 0.717) is 0 Å². The van der Waals surface area contributed by atoms with Gasteiger partial charge in [0.1, 0.15) is 0 Å². The molecule has 0 saturated heterocycles. The lowest BCUT2D eigenvalue weighted by Gasteiger charge is -2.11. The van der Waals surface area contributed by atoms with Gasteiger partial charge in [0.25, 0.3) is 0 Å². The van der Waals surface area contributed by atoms with E-state index in [2.05, 4.69) is 18.1 Å². The van der Waals surface area contributed by atoms with Gasteiger partial charge in [-0.05, 0) is 32.2 Å². The van der Waals surface area contributed by atoms with Gasteiger partial charge >= 0.3 is 0 Å². The van der Waals surface area contributed by atoms with E-state index in [-0.39, 0.29) is 0 Å². The first-order chi connectivity index (χ1) is 5.11. The molecule has 1 nitrogen and oxygen atoms in total. The fraction of sp³-hybridized carbons (Fsp3) is 0.400. The van der Waals surface area contributed by atoms with E-state index in [1.54, 1.807) is 0 Å². The zero-order chi connectivity index (χ0) is 8.85. The molecule has 0 aromatic rings. The van der Waals surface area contributed by atoms with Gasteiger partial charge in [-0.3, -0.25) is 0 Å². The molecule has 0 saturated carbocycles. The maximum Gasteiger partial charge on any atom is 0.0230 e. The van der Waals surface area contributed by atoms with Crippen LogP contribution in [0.15, 0.2) is 36.5 Å². The Bertz CT molecular complexity index is 175. The lowest BCUT2D eigenvalue weighted by molar-refractivity contribution is 0.448. The van der Waals surface area contributed by atoms with Crippen LogP contribution in [0.2, 0.25) is 0 Å². The zero-order valence-electron chi connectivity index (χ0n) is 7.72. The molecule has 0 amide bonds. The Kier molecular flexibility index (Phi) is 4.55. The normalized spacial score (nSPS) is 12.7. The van der Waals surface area contributed by atoms with Crippen LogP contribution in [-0.2, 0) is 0 Å². The van der Waals surface area contributed by atoms with Crippen LogP contribution in [0.5, 0.6) is 0 Å². The van der Waals surface area contributed by atoms with Crippen molar-refractivity contribution in [3.63, 3.8) is 0 Å². The molecule has 0 fully saturated rings. The van der Waals surface area contributed by atoms with E-state index in [4.69, 9.17) is 0 Å². The lowest BCUT2D eigenvalue weighted by Crippen LogP contribution is -2.14. The van der Waals surface area contributed by atoms with Gasteiger partial charge in [0, 0.05) is 6.54 Å². The second kappa shape index (κ2) is 4.91. The van der Waals surface area contributed by atoms with E-state index >= 15 is 0 Å². The van der Waals surface area contributed by atoms with E-state index in [9.17, 15) is 0 Å². The Hall–Kier alpha value is -0.820. The fourth-order valence-electron chi connectivity index (χ4n) is 0.822.